The molecule has 184 valence electrons. The van der Waals surface area contributed by atoms with Crippen molar-refractivity contribution in [1.29, 1.82) is 0 Å². The first kappa shape index (κ1) is 25.1. The molecule has 1 aliphatic carbocycles. The number of hydrogen-bond donors (Lipinski definition) is 2. The van der Waals surface area contributed by atoms with Crippen LogP contribution < -0.4 is 15.0 Å². The third-order valence-corrected chi connectivity index (χ3v) is 6.90. The van der Waals surface area contributed by atoms with Gasteiger partial charge >= 0.3 is 6.03 Å². The van der Waals surface area contributed by atoms with Crippen LogP contribution in [-0.2, 0) is 0 Å². The van der Waals surface area contributed by atoms with Gasteiger partial charge in [-0.2, -0.15) is 0 Å². The Morgan fingerprint density at radius 3 is 2.58 bits per heavy atom. The lowest BCUT2D eigenvalue weighted by atomic mass is 9.96. The van der Waals surface area contributed by atoms with Gasteiger partial charge in [-0.1, -0.05) is 26.2 Å². The van der Waals surface area contributed by atoms with Crippen LogP contribution in [0.1, 0.15) is 56.3 Å². The summed E-state index contributed by atoms with van der Waals surface area (Å²) in [5, 5.41) is 13.0. The fourth-order valence-electron chi connectivity index (χ4n) is 4.59. The van der Waals surface area contributed by atoms with Gasteiger partial charge in [-0.05, 0) is 38.0 Å². The molecule has 2 N–H and O–H groups in total. The molecule has 3 atom stereocenters. The van der Waals surface area contributed by atoms with Gasteiger partial charge in [0.15, 0.2) is 0 Å². The first-order valence-electron chi connectivity index (χ1n) is 12.1. The zero-order valence-corrected chi connectivity index (χ0v) is 20.7. The maximum Gasteiger partial charge on any atom is 0.317 e. The molecule has 1 saturated carbocycles. The van der Waals surface area contributed by atoms with Crippen molar-refractivity contribution in [2.75, 3.05) is 45.7 Å². The monoisotopic (exact) mass is 460 g/mol. The van der Waals surface area contributed by atoms with Crippen LogP contribution in [0.3, 0.4) is 0 Å². The maximum atomic E-state index is 13.4. The summed E-state index contributed by atoms with van der Waals surface area (Å²) in [6, 6.07) is 5.43. The molecule has 0 radical (unpaired) electrons. The molecular formula is C25H40N4O4. The summed E-state index contributed by atoms with van der Waals surface area (Å²) in [4.78, 5) is 31.6. The van der Waals surface area contributed by atoms with E-state index in [1.54, 1.807) is 16.8 Å². The van der Waals surface area contributed by atoms with E-state index in [1.165, 1.54) is 6.42 Å². The molecule has 0 saturated heterocycles. The van der Waals surface area contributed by atoms with E-state index in [0.29, 0.717) is 24.4 Å². The van der Waals surface area contributed by atoms with Crippen molar-refractivity contribution in [3.63, 3.8) is 0 Å². The van der Waals surface area contributed by atoms with Crippen molar-refractivity contribution in [2.45, 2.75) is 64.1 Å². The number of nitrogens with one attached hydrogen (secondary N) is 1. The van der Waals surface area contributed by atoms with E-state index in [9.17, 15) is 14.7 Å². The Balaban J connectivity index is 1.82. The minimum Gasteiger partial charge on any atom is -0.487 e. The molecule has 0 spiro atoms. The first-order chi connectivity index (χ1) is 15.7. The lowest BCUT2D eigenvalue weighted by Crippen LogP contribution is -2.52. The lowest BCUT2D eigenvalue weighted by Gasteiger charge is -2.38. The second kappa shape index (κ2) is 11.1. The van der Waals surface area contributed by atoms with Crippen molar-refractivity contribution in [3.05, 3.63) is 23.8 Å². The number of aliphatic hydroxyl groups is 1. The second-order valence-corrected chi connectivity index (χ2v) is 9.86. The van der Waals surface area contributed by atoms with E-state index in [0.717, 1.165) is 31.4 Å². The quantitative estimate of drug-likeness (QED) is 0.682. The molecule has 2 aliphatic rings. The molecule has 1 aromatic carbocycles. The number of benzene rings is 1. The third kappa shape index (κ3) is 6.10. The number of anilines is 1. The summed E-state index contributed by atoms with van der Waals surface area (Å²) in [5.41, 5.74) is 1.38. The number of hydrogen-bond acceptors (Lipinski definition) is 5. The van der Waals surface area contributed by atoms with Crippen molar-refractivity contribution in [1.82, 2.24) is 15.1 Å². The zero-order valence-electron chi connectivity index (χ0n) is 20.7. The molecule has 8 nitrogen and oxygen atoms in total. The Hall–Kier alpha value is -2.48. The Bertz CT molecular complexity index is 825. The topological polar surface area (TPSA) is 85.4 Å². The van der Waals surface area contributed by atoms with Crippen LogP contribution >= 0.6 is 0 Å². The number of nitrogens with zero attached hydrogens (tertiary/aromatic N) is 3. The predicted octanol–water partition coefficient (Wildman–Crippen LogP) is 2.95. The molecule has 1 heterocycles. The van der Waals surface area contributed by atoms with Gasteiger partial charge in [0, 0.05) is 45.3 Å². The van der Waals surface area contributed by atoms with Gasteiger partial charge in [0.05, 0.1) is 24.8 Å². The predicted molar refractivity (Wildman–Crippen MR) is 130 cm³/mol. The van der Waals surface area contributed by atoms with Gasteiger partial charge < -0.3 is 29.9 Å². The lowest BCUT2D eigenvalue weighted by molar-refractivity contribution is 0.0366. The Morgan fingerprint density at radius 1 is 1.24 bits per heavy atom. The summed E-state index contributed by atoms with van der Waals surface area (Å²) in [6.07, 6.45) is 5.34. The van der Waals surface area contributed by atoms with E-state index in [-0.39, 0.29) is 42.7 Å². The van der Waals surface area contributed by atoms with E-state index >= 15 is 0 Å². The highest BCUT2D eigenvalue weighted by Gasteiger charge is 2.34. The number of carbonyl (C=O) groups is 2. The minimum atomic E-state index is -0.318. The zero-order chi connectivity index (χ0) is 24.1. The molecule has 1 aliphatic heterocycles. The smallest absolute Gasteiger partial charge is 0.317 e. The SMILES string of the molecule is C[C@@H]1CN([C@@H](C)CO)C(=O)c2cc(N(C)C)ccc2O[C@H]1CN(C)C(=O)NC1CCCCC1. The van der Waals surface area contributed by atoms with Crippen LogP contribution in [0.4, 0.5) is 10.5 Å². The van der Waals surface area contributed by atoms with Gasteiger partial charge in [0.25, 0.3) is 5.91 Å². The number of aliphatic hydroxyl groups excluding tert-OH is 1. The summed E-state index contributed by atoms with van der Waals surface area (Å²) in [5.74, 6) is 0.330. The van der Waals surface area contributed by atoms with E-state index < -0.39 is 0 Å². The summed E-state index contributed by atoms with van der Waals surface area (Å²) < 4.78 is 6.38. The van der Waals surface area contributed by atoms with Crippen LogP contribution in [0.25, 0.3) is 0 Å². The van der Waals surface area contributed by atoms with Crippen molar-refractivity contribution >= 4 is 17.6 Å². The molecule has 1 fully saturated rings. The average Bonchev–Trinajstić information content (AvgIpc) is 2.80. The van der Waals surface area contributed by atoms with Gasteiger partial charge in [0.1, 0.15) is 11.9 Å². The number of rotatable bonds is 6. The van der Waals surface area contributed by atoms with Crippen LogP contribution in [0, 0.1) is 5.92 Å². The van der Waals surface area contributed by atoms with Crippen LogP contribution in [0.2, 0.25) is 0 Å². The van der Waals surface area contributed by atoms with Crippen LogP contribution in [-0.4, -0.2) is 85.9 Å². The molecule has 1 aromatic rings. The highest BCUT2D eigenvalue weighted by molar-refractivity contribution is 5.98. The van der Waals surface area contributed by atoms with Crippen molar-refractivity contribution in [2.24, 2.45) is 5.92 Å². The largest absolute Gasteiger partial charge is 0.487 e. The molecule has 0 unspecified atom stereocenters. The second-order valence-electron chi connectivity index (χ2n) is 9.86. The van der Waals surface area contributed by atoms with E-state index in [4.69, 9.17) is 4.74 Å². The number of amides is 3. The number of ether oxygens (including phenoxy) is 1. The van der Waals surface area contributed by atoms with Gasteiger partial charge in [-0.3, -0.25) is 4.79 Å². The number of likely N-dealkylation sites (N-methyl/N-ethyl adjacent to an activating group) is 1. The van der Waals surface area contributed by atoms with Crippen molar-refractivity contribution in [3.8, 4) is 5.75 Å². The molecule has 8 heteroatoms. The number of urea groups is 1. The fraction of sp³-hybridized carbons (Fsp3) is 0.680. The maximum absolute atomic E-state index is 13.4. The highest BCUT2D eigenvalue weighted by atomic mass is 16.5. The highest BCUT2D eigenvalue weighted by Crippen LogP contribution is 2.31. The molecule has 3 amide bonds. The molecule has 0 bridgehead atoms. The van der Waals surface area contributed by atoms with E-state index in [1.807, 2.05) is 51.0 Å². The summed E-state index contributed by atoms with van der Waals surface area (Å²) in [6.45, 7) is 4.61. The number of fused-ring (bicyclic) bond motifs is 1. The van der Waals surface area contributed by atoms with E-state index in [2.05, 4.69) is 5.32 Å². The normalized spacial score (nSPS) is 22.5. The van der Waals surface area contributed by atoms with Gasteiger partial charge in [-0.25, -0.2) is 4.79 Å². The number of carbonyl (C=O) groups excluding carboxylic acids is 2. The van der Waals surface area contributed by atoms with Gasteiger partial charge in [-0.15, -0.1) is 0 Å². The Labute approximate surface area is 197 Å². The standard InChI is InChI=1S/C25H40N4O4/c1-17-14-29(18(2)16-30)24(31)21-13-20(27(3)4)11-12-22(21)33-23(17)15-28(5)25(32)26-19-9-7-6-8-10-19/h11-13,17-19,23,30H,6-10,14-16H2,1-5H3,(H,26,32)/t17-,18+,23+/m1/s1. The third-order valence-electron chi connectivity index (χ3n) is 6.90. The first-order valence-corrected chi connectivity index (χ1v) is 12.1. The Kier molecular flexibility index (Phi) is 8.46. The summed E-state index contributed by atoms with van der Waals surface area (Å²) in [7, 11) is 5.64. The van der Waals surface area contributed by atoms with Gasteiger partial charge in [0.2, 0.25) is 0 Å². The molecular weight excluding hydrogens is 420 g/mol. The molecule has 0 aromatic heterocycles. The fourth-order valence-corrected chi connectivity index (χ4v) is 4.59. The minimum absolute atomic E-state index is 0.0328. The average molecular weight is 461 g/mol. The Morgan fingerprint density at radius 2 is 1.94 bits per heavy atom. The molecule has 33 heavy (non-hydrogen) atoms. The summed E-state index contributed by atoms with van der Waals surface area (Å²) >= 11 is 0. The molecule has 3 rings (SSSR count). The van der Waals surface area contributed by atoms with Crippen LogP contribution in [0.15, 0.2) is 18.2 Å². The van der Waals surface area contributed by atoms with Crippen LogP contribution in [0.5, 0.6) is 5.75 Å². The van der Waals surface area contributed by atoms with Crippen molar-refractivity contribution < 1.29 is 19.4 Å².